The fourth-order valence-corrected chi connectivity index (χ4v) is 6.22. The van der Waals surface area contributed by atoms with Gasteiger partial charge in [0.1, 0.15) is 24.0 Å². The summed E-state index contributed by atoms with van der Waals surface area (Å²) in [5.74, 6) is -0.214. The Morgan fingerprint density at radius 3 is 2.52 bits per heavy atom. The Morgan fingerprint density at radius 1 is 0.935 bits per heavy atom. The van der Waals surface area contributed by atoms with E-state index in [9.17, 15) is 0 Å². The van der Waals surface area contributed by atoms with Crippen LogP contribution in [0.2, 0.25) is 0 Å². The molecule has 0 radical (unpaired) electrons. The molecule has 0 bridgehead atoms. The van der Waals surface area contributed by atoms with E-state index in [1.54, 1.807) is 17.4 Å². The zero-order valence-electron chi connectivity index (χ0n) is 17.7. The zero-order valence-corrected chi connectivity index (χ0v) is 18.5. The first-order chi connectivity index (χ1) is 15.1. The Morgan fingerprint density at radius 2 is 1.71 bits per heavy atom. The molecule has 0 spiro atoms. The minimum absolute atomic E-state index is 0.214. The Labute approximate surface area is 184 Å². The van der Waals surface area contributed by atoms with Crippen LogP contribution in [0.5, 0.6) is 0 Å². The van der Waals surface area contributed by atoms with E-state index in [0.29, 0.717) is 11.1 Å². The van der Waals surface area contributed by atoms with E-state index < -0.39 is 0 Å². The van der Waals surface area contributed by atoms with Crippen molar-refractivity contribution in [3.63, 3.8) is 0 Å². The Hall–Kier alpha value is -2.98. The number of hydrogen-bond acceptors (Lipinski definition) is 2. The average molecular weight is 429 g/mol. The molecule has 0 unspecified atom stereocenters. The van der Waals surface area contributed by atoms with E-state index in [0.717, 1.165) is 50.9 Å². The molecule has 4 heteroatoms. The van der Waals surface area contributed by atoms with Crippen molar-refractivity contribution in [2.24, 2.45) is 7.05 Å². The van der Waals surface area contributed by atoms with Gasteiger partial charge >= 0.3 is 0 Å². The van der Waals surface area contributed by atoms with Crippen LogP contribution in [-0.4, -0.2) is 0 Å². The van der Waals surface area contributed by atoms with Gasteiger partial charge in [-0.25, -0.2) is 8.96 Å². The number of aryl methyl sites for hydroxylation is 4. The number of hydrogen-bond donors (Lipinski definition) is 0. The van der Waals surface area contributed by atoms with E-state index in [1.807, 2.05) is 31.4 Å². The van der Waals surface area contributed by atoms with Gasteiger partial charge in [-0.3, -0.25) is 0 Å². The maximum atomic E-state index is 15.2. The van der Waals surface area contributed by atoms with Crippen LogP contribution in [0.15, 0.2) is 59.1 Å². The molecule has 154 valence electrons. The highest BCUT2D eigenvalue weighted by atomic mass is 32.1. The molecule has 6 rings (SSSR count). The van der Waals surface area contributed by atoms with Crippen LogP contribution >= 0.6 is 11.3 Å². The lowest BCUT2D eigenvalue weighted by Gasteiger charge is -2.08. The van der Waals surface area contributed by atoms with Crippen molar-refractivity contribution in [3.8, 4) is 21.7 Å². The van der Waals surface area contributed by atoms with Gasteiger partial charge in [-0.15, -0.1) is 11.3 Å². The molecule has 2 aromatic carbocycles. The Balaban J connectivity index is 1.67. The largest absolute Gasteiger partial charge is 0.454 e. The summed E-state index contributed by atoms with van der Waals surface area (Å²) >= 11 is 1.73. The zero-order chi connectivity index (χ0) is 21.1. The van der Waals surface area contributed by atoms with Gasteiger partial charge in [0.15, 0.2) is 6.20 Å². The van der Waals surface area contributed by atoms with Crippen LogP contribution in [0.1, 0.15) is 28.8 Å². The third-order valence-electron chi connectivity index (χ3n) is 6.52. The molecule has 0 atom stereocenters. The lowest BCUT2D eigenvalue weighted by atomic mass is 9.98. The van der Waals surface area contributed by atoms with Gasteiger partial charge in [-0.05, 0) is 68.0 Å². The number of furan rings is 1. The molecule has 0 N–H and O–H groups in total. The predicted octanol–water partition coefficient (Wildman–Crippen LogP) is 7.13. The normalized spacial score (nSPS) is 13.8. The summed E-state index contributed by atoms with van der Waals surface area (Å²) in [5, 5.41) is 2.00. The summed E-state index contributed by atoms with van der Waals surface area (Å²) < 4.78 is 23.8. The maximum absolute atomic E-state index is 15.2. The molecule has 1 aliphatic carbocycles. The number of aromatic nitrogens is 1. The van der Waals surface area contributed by atoms with Crippen LogP contribution in [0, 0.1) is 12.7 Å². The fourth-order valence-electron chi connectivity index (χ4n) is 4.92. The van der Waals surface area contributed by atoms with Gasteiger partial charge < -0.3 is 4.42 Å². The van der Waals surface area contributed by atoms with Crippen LogP contribution in [-0.2, 0) is 19.9 Å². The SMILES string of the molecule is Cc1ccc2c(oc3c(-c4cc5c(s4)CCCC5)c(F)ccc32)c1-c1cccc[n+]1C. The summed E-state index contributed by atoms with van der Waals surface area (Å²) in [6.07, 6.45) is 6.68. The molecule has 2 nitrogen and oxygen atoms in total. The van der Waals surface area contributed by atoms with Crippen molar-refractivity contribution < 1.29 is 13.4 Å². The van der Waals surface area contributed by atoms with Crippen molar-refractivity contribution >= 4 is 33.3 Å². The smallest absolute Gasteiger partial charge is 0.216 e. The number of rotatable bonds is 2. The summed E-state index contributed by atoms with van der Waals surface area (Å²) in [6, 6.07) is 16.0. The molecule has 5 aromatic rings. The van der Waals surface area contributed by atoms with Gasteiger partial charge in [-0.2, -0.15) is 0 Å². The molecule has 31 heavy (non-hydrogen) atoms. The van der Waals surface area contributed by atoms with Crippen LogP contribution in [0.25, 0.3) is 43.6 Å². The minimum Gasteiger partial charge on any atom is -0.454 e. The molecule has 0 aliphatic heterocycles. The van der Waals surface area contributed by atoms with Crippen LogP contribution < -0.4 is 4.57 Å². The first kappa shape index (κ1) is 18.8. The van der Waals surface area contributed by atoms with Crippen molar-refractivity contribution in [1.82, 2.24) is 0 Å². The van der Waals surface area contributed by atoms with Crippen molar-refractivity contribution in [2.45, 2.75) is 32.6 Å². The molecule has 0 amide bonds. The lowest BCUT2D eigenvalue weighted by molar-refractivity contribution is -0.660. The summed E-state index contributed by atoms with van der Waals surface area (Å²) in [7, 11) is 2.04. The van der Waals surface area contributed by atoms with E-state index in [4.69, 9.17) is 4.42 Å². The highest BCUT2D eigenvalue weighted by Gasteiger charge is 2.24. The van der Waals surface area contributed by atoms with Gasteiger partial charge in [-0.1, -0.05) is 12.1 Å². The molecule has 0 saturated carbocycles. The van der Waals surface area contributed by atoms with E-state index in [2.05, 4.69) is 35.8 Å². The molecule has 1 aliphatic rings. The topological polar surface area (TPSA) is 17.0 Å². The number of pyridine rings is 1. The summed E-state index contributed by atoms with van der Waals surface area (Å²) in [4.78, 5) is 2.39. The molecule has 3 aromatic heterocycles. The van der Waals surface area contributed by atoms with E-state index in [-0.39, 0.29) is 5.82 Å². The minimum atomic E-state index is -0.214. The maximum Gasteiger partial charge on any atom is 0.216 e. The van der Waals surface area contributed by atoms with Crippen molar-refractivity contribution in [2.75, 3.05) is 0 Å². The lowest BCUT2D eigenvalue weighted by Crippen LogP contribution is -2.30. The second-order valence-corrected chi connectivity index (χ2v) is 9.63. The third kappa shape index (κ3) is 2.85. The highest BCUT2D eigenvalue weighted by Crippen LogP contribution is 2.44. The average Bonchev–Trinajstić information content (AvgIpc) is 3.35. The number of fused-ring (bicyclic) bond motifs is 4. The Kier molecular flexibility index (Phi) is 4.25. The van der Waals surface area contributed by atoms with Gasteiger partial charge in [0.2, 0.25) is 5.69 Å². The number of halogens is 1. The third-order valence-corrected chi connectivity index (χ3v) is 7.78. The Bertz CT molecular complexity index is 1450. The van der Waals surface area contributed by atoms with E-state index >= 15 is 4.39 Å². The number of nitrogens with zero attached hydrogens (tertiary/aromatic N) is 1. The standard InChI is InChI=1S/C27H23FNOS/c1-16-10-11-18-19-12-13-20(28)25(23-15-17-7-3-4-9-22(17)31-23)27(19)30-26(18)24(16)21-8-5-6-14-29(21)2/h5-6,8,10-15H,3-4,7,9H2,1-2H3/q+1. The molecule has 3 heterocycles. The van der Waals surface area contributed by atoms with Crippen molar-refractivity contribution in [3.05, 3.63) is 76.5 Å². The van der Waals surface area contributed by atoms with E-state index in [1.165, 1.54) is 23.3 Å². The second kappa shape index (κ2) is 7.03. The number of thiophene rings is 1. The first-order valence-electron chi connectivity index (χ1n) is 10.8. The van der Waals surface area contributed by atoms with Crippen LogP contribution in [0.4, 0.5) is 4.39 Å². The summed E-state index contributed by atoms with van der Waals surface area (Å²) in [5.41, 5.74) is 6.75. The number of benzene rings is 2. The van der Waals surface area contributed by atoms with Gasteiger partial charge in [0.25, 0.3) is 0 Å². The predicted molar refractivity (Wildman–Crippen MR) is 125 cm³/mol. The first-order valence-corrected chi connectivity index (χ1v) is 11.6. The van der Waals surface area contributed by atoms with Crippen molar-refractivity contribution in [1.29, 1.82) is 0 Å². The molecule has 0 fully saturated rings. The molecular formula is C27H23FNOS+. The van der Waals surface area contributed by atoms with Gasteiger partial charge in [0.05, 0.1) is 11.1 Å². The second-order valence-electron chi connectivity index (χ2n) is 8.50. The molecule has 0 saturated heterocycles. The quantitative estimate of drug-likeness (QED) is 0.273. The summed E-state index contributed by atoms with van der Waals surface area (Å²) in [6.45, 7) is 2.10. The van der Waals surface area contributed by atoms with Gasteiger partial charge in [0, 0.05) is 32.7 Å². The van der Waals surface area contributed by atoms with Crippen LogP contribution in [0.3, 0.4) is 0 Å². The molecular weight excluding hydrogens is 405 g/mol. The fraction of sp³-hybridized carbons (Fsp3) is 0.222. The monoisotopic (exact) mass is 428 g/mol. The highest BCUT2D eigenvalue weighted by molar-refractivity contribution is 7.15.